The largest absolute Gasteiger partial charge is 0.456 e. The zero-order valence-corrected chi connectivity index (χ0v) is 42.2. The number of nitrogens with one attached hydrogen (secondary N) is 1. The summed E-state index contributed by atoms with van der Waals surface area (Å²) in [5.74, 6) is -6.32. The third kappa shape index (κ3) is 8.98. The number of esters is 4. The predicted molar refractivity (Wildman–Crippen MR) is 254 cm³/mol. The smallest absolute Gasteiger partial charge is 0.338 e. The molecule has 3 aliphatic carbocycles. The number of Topliss-reactive ketones (excluding diaryl/α,β-unsaturated/α-hetero) is 1. The monoisotopic (exact) mass is 967 g/mol. The molecule has 7 rings (SSSR count). The topological polar surface area (TPSA) is 210 Å². The van der Waals surface area contributed by atoms with Gasteiger partial charge in [-0.1, -0.05) is 101 Å². The summed E-state index contributed by atoms with van der Waals surface area (Å²) in [6, 6.07) is 24.2. The number of fused-ring (bicyclic) bond motifs is 5. The minimum atomic E-state index is -2.93. The highest BCUT2D eigenvalue weighted by Crippen LogP contribution is 2.64. The maximum atomic E-state index is 15.8. The van der Waals surface area contributed by atoms with Crippen molar-refractivity contribution in [2.24, 2.45) is 16.7 Å². The minimum absolute atomic E-state index is 0.0502. The lowest BCUT2D eigenvalue weighted by molar-refractivity contribution is -0.346. The van der Waals surface area contributed by atoms with E-state index in [1.807, 2.05) is 33.9 Å². The van der Waals surface area contributed by atoms with E-state index in [0.29, 0.717) is 11.1 Å². The van der Waals surface area contributed by atoms with E-state index in [0.717, 1.165) is 6.92 Å². The first-order valence-corrected chi connectivity index (χ1v) is 26.3. The number of carbonyl (C=O) groups is 6. The van der Waals surface area contributed by atoms with Crippen LogP contribution in [0.5, 0.6) is 0 Å². The van der Waals surface area contributed by atoms with E-state index in [9.17, 15) is 29.4 Å². The molecule has 11 atom stereocenters. The van der Waals surface area contributed by atoms with Gasteiger partial charge in [-0.2, -0.15) is 0 Å². The van der Waals surface area contributed by atoms with Crippen LogP contribution < -0.4 is 5.32 Å². The summed E-state index contributed by atoms with van der Waals surface area (Å²) in [6.07, 6.45) is -9.79. The highest BCUT2D eigenvalue weighted by Gasteiger charge is 2.78. The standard InChI is InChI=1S/C53H65NO14Si/c1-30-36(65-48(61)42(68-69(10,11)49(4,5)6)40(33-21-15-12-16-22-33)54-46(59)34-23-17-13-18-24-34)28-53(62)45(66-47(60)35-25-19-14-20-26-35)43-51(9,37(57)27-38-52(43,29-63-38)67-32(3)56)44(58)41(64-31(2)55)39(30)50(53,7)8/h12-26,36-38,40-43,45,57,62H,27-29H2,1-11H3,(H,54,59)/t36-,37-,38+,40+,41+,42+,43-,45-,51+,52-,53+/m0/s1. The Kier molecular flexibility index (Phi) is 13.9. The third-order valence-corrected chi connectivity index (χ3v) is 20.1. The van der Waals surface area contributed by atoms with Crippen LogP contribution >= 0.6 is 0 Å². The van der Waals surface area contributed by atoms with Gasteiger partial charge < -0.3 is 43.6 Å². The Balaban J connectivity index is 1.44. The Hall–Kier alpha value is -5.52. The van der Waals surface area contributed by atoms with E-state index in [-0.39, 0.29) is 29.7 Å². The Morgan fingerprint density at radius 3 is 1.91 bits per heavy atom. The van der Waals surface area contributed by atoms with Gasteiger partial charge in [-0.05, 0) is 73.0 Å². The van der Waals surface area contributed by atoms with E-state index < -0.39 is 126 Å². The van der Waals surface area contributed by atoms with Crippen molar-refractivity contribution >= 4 is 43.9 Å². The van der Waals surface area contributed by atoms with Gasteiger partial charge in [0.05, 0.1) is 35.6 Å². The molecule has 0 spiro atoms. The molecule has 16 heteroatoms. The third-order valence-electron chi connectivity index (χ3n) is 15.7. The van der Waals surface area contributed by atoms with E-state index in [2.05, 4.69) is 5.32 Å². The average molecular weight is 968 g/mol. The summed E-state index contributed by atoms with van der Waals surface area (Å²) in [6.45, 7) is 18.2. The summed E-state index contributed by atoms with van der Waals surface area (Å²) in [5, 5.41) is 28.8. The summed E-state index contributed by atoms with van der Waals surface area (Å²) >= 11 is 0. The lowest BCUT2D eigenvalue weighted by Gasteiger charge is -2.67. The van der Waals surface area contributed by atoms with Gasteiger partial charge in [-0.3, -0.25) is 19.2 Å². The molecule has 370 valence electrons. The van der Waals surface area contributed by atoms with Crippen LogP contribution in [0.3, 0.4) is 0 Å². The van der Waals surface area contributed by atoms with Crippen molar-refractivity contribution in [3.8, 4) is 0 Å². The van der Waals surface area contributed by atoms with Crippen LogP contribution in [0, 0.1) is 16.7 Å². The number of benzene rings is 3. The van der Waals surface area contributed by atoms with Crippen LogP contribution in [0.15, 0.2) is 102 Å². The molecule has 3 aromatic rings. The number of aliphatic hydroxyl groups is 2. The summed E-state index contributed by atoms with van der Waals surface area (Å²) in [5.41, 5.74) is -6.59. The van der Waals surface area contributed by atoms with Crippen molar-refractivity contribution in [2.45, 2.75) is 147 Å². The van der Waals surface area contributed by atoms with Crippen molar-refractivity contribution < 1.29 is 67.1 Å². The molecule has 69 heavy (non-hydrogen) atoms. The van der Waals surface area contributed by atoms with Gasteiger partial charge in [0.2, 0.25) is 0 Å². The van der Waals surface area contributed by atoms with Gasteiger partial charge in [0.1, 0.15) is 23.9 Å². The second-order valence-corrected chi connectivity index (χ2v) is 26.0. The first kappa shape index (κ1) is 51.3. The number of carbonyl (C=O) groups excluding carboxylic acids is 6. The molecule has 2 bridgehead atoms. The number of amides is 1. The summed E-state index contributed by atoms with van der Waals surface area (Å²) < 4.78 is 38.2. The molecule has 1 amide bonds. The van der Waals surface area contributed by atoms with Gasteiger partial charge in [0, 0.05) is 37.7 Å². The molecule has 0 aromatic heterocycles. The van der Waals surface area contributed by atoms with Gasteiger partial charge in [0.25, 0.3) is 5.91 Å². The molecule has 0 unspecified atom stereocenters. The van der Waals surface area contributed by atoms with Crippen LogP contribution in [0.4, 0.5) is 0 Å². The number of hydrogen-bond acceptors (Lipinski definition) is 14. The highest BCUT2D eigenvalue weighted by molar-refractivity contribution is 6.74. The van der Waals surface area contributed by atoms with E-state index in [1.54, 1.807) is 99.6 Å². The molecule has 0 radical (unpaired) electrons. The molecule has 3 aromatic carbocycles. The van der Waals surface area contributed by atoms with Crippen LogP contribution in [0.1, 0.15) is 107 Å². The van der Waals surface area contributed by atoms with Crippen molar-refractivity contribution in [3.05, 3.63) is 119 Å². The lowest BCUT2D eigenvalue weighted by atomic mass is 9.44. The minimum Gasteiger partial charge on any atom is -0.456 e. The highest BCUT2D eigenvalue weighted by atomic mass is 28.4. The molecule has 1 heterocycles. The summed E-state index contributed by atoms with van der Waals surface area (Å²) in [4.78, 5) is 86.2. The normalized spacial score (nSPS) is 30.4. The van der Waals surface area contributed by atoms with Crippen LogP contribution in [0.25, 0.3) is 0 Å². The predicted octanol–water partition coefficient (Wildman–Crippen LogP) is 6.77. The maximum absolute atomic E-state index is 15.8. The molecule has 1 saturated heterocycles. The molecule has 15 nitrogen and oxygen atoms in total. The zero-order valence-electron chi connectivity index (χ0n) is 41.2. The van der Waals surface area contributed by atoms with E-state index >= 15 is 9.59 Å². The Morgan fingerprint density at radius 2 is 1.39 bits per heavy atom. The fourth-order valence-corrected chi connectivity index (χ4v) is 12.0. The van der Waals surface area contributed by atoms with Crippen LogP contribution in [0.2, 0.25) is 18.1 Å². The second-order valence-electron chi connectivity index (χ2n) is 21.2. The maximum Gasteiger partial charge on any atom is 0.338 e. The molecule has 1 aliphatic heterocycles. The lowest BCUT2D eigenvalue weighted by Crippen LogP contribution is -2.82. The Bertz CT molecular complexity index is 2510. The van der Waals surface area contributed by atoms with Crippen LogP contribution in [-0.2, 0) is 47.3 Å². The fourth-order valence-electron chi connectivity index (χ4n) is 10.8. The van der Waals surface area contributed by atoms with Crippen molar-refractivity contribution in [1.29, 1.82) is 0 Å². The van der Waals surface area contributed by atoms with Gasteiger partial charge in [0.15, 0.2) is 31.9 Å². The Morgan fingerprint density at radius 1 is 0.826 bits per heavy atom. The number of ketones is 1. The molecule has 3 fully saturated rings. The molecule has 2 saturated carbocycles. The van der Waals surface area contributed by atoms with Crippen LogP contribution in [-0.4, -0.2) is 109 Å². The number of aliphatic hydroxyl groups excluding tert-OH is 1. The van der Waals surface area contributed by atoms with Crippen molar-refractivity contribution in [2.75, 3.05) is 6.61 Å². The van der Waals surface area contributed by atoms with Crippen molar-refractivity contribution in [3.63, 3.8) is 0 Å². The quantitative estimate of drug-likeness (QED) is 0.0741. The van der Waals surface area contributed by atoms with E-state index in [1.165, 1.54) is 26.0 Å². The number of hydrogen-bond donors (Lipinski definition) is 3. The first-order chi connectivity index (χ1) is 32.2. The van der Waals surface area contributed by atoms with Crippen molar-refractivity contribution in [1.82, 2.24) is 5.32 Å². The van der Waals surface area contributed by atoms with Gasteiger partial charge >= 0.3 is 23.9 Å². The van der Waals surface area contributed by atoms with Gasteiger partial charge in [-0.15, -0.1) is 0 Å². The Labute approximate surface area is 404 Å². The van der Waals surface area contributed by atoms with E-state index in [4.69, 9.17) is 28.1 Å². The summed E-state index contributed by atoms with van der Waals surface area (Å²) in [7, 11) is -2.93. The molecule has 4 aliphatic rings. The fraction of sp³-hybridized carbons (Fsp3) is 0.509. The van der Waals surface area contributed by atoms with Gasteiger partial charge in [-0.25, -0.2) is 9.59 Å². The number of ether oxygens (including phenoxy) is 5. The average Bonchev–Trinajstić information content (AvgIpc) is 3.28. The number of rotatable bonds is 12. The SMILES string of the molecule is CC(=O)O[C@H]1C(=O)[C@@]2(C)[C@H]([C@H](OC(=O)c3ccccc3)[C@]3(O)C[C@H](OC(=O)[C@H](O[Si](C)(C)C(C)(C)C)[C@H](NC(=O)c4ccccc4)c4ccccc4)C(C)=C1C3(C)C)[C@]1(OC(C)=O)CO[C@@H]1C[C@@H]2O. The molecular weight excluding hydrogens is 903 g/mol. The second kappa shape index (κ2) is 18.7. The zero-order chi connectivity index (χ0) is 50.6. The first-order valence-electron chi connectivity index (χ1n) is 23.4. The molecule has 3 N–H and O–H groups in total. The molecular formula is C53H65NO14Si.